The minimum Gasteiger partial charge on any atom is -0.494 e. The Balaban J connectivity index is 2.35. The van der Waals surface area contributed by atoms with Crippen molar-refractivity contribution >= 4 is 5.91 Å². The lowest BCUT2D eigenvalue weighted by molar-refractivity contribution is -0.140. The van der Waals surface area contributed by atoms with Crippen molar-refractivity contribution in [3.8, 4) is 5.75 Å². The van der Waals surface area contributed by atoms with Crippen molar-refractivity contribution in [2.24, 2.45) is 5.73 Å². The summed E-state index contributed by atoms with van der Waals surface area (Å²) in [6.45, 7) is 6.79. The van der Waals surface area contributed by atoms with Gasteiger partial charge < -0.3 is 15.4 Å². The first-order valence-electron chi connectivity index (χ1n) is 7.88. The molecule has 3 unspecified atom stereocenters. The molecule has 3 atom stereocenters. The van der Waals surface area contributed by atoms with E-state index in [1.807, 2.05) is 36.1 Å². The fourth-order valence-electron chi connectivity index (χ4n) is 3.02. The highest BCUT2D eigenvalue weighted by Crippen LogP contribution is 2.34. The predicted molar refractivity (Wildman–Crippen MR) is 84.2 cm³/mol. The number of hydrogen-bond acceptors (Lipinski definition) is 3. The quantitative estimate of drug-likeness (QED) is 0.907. The van der Waals surface area contributed by atoms with E-state index in [0.29, 0.717) is 13.0 Å². The van der Waals surface area contributed by atoms with Crippen LogP contribution in [-0.2, 0) is 4.79 Å². The van der Waals surface area contributed by atoms with Gasteiger partial charge in [-0.25, -0.2) is 0 Å². The third kappa shape index (κ3) is 3.38. The van der Waals surface area contributed by atoms with Crippen molar-refractivity contribution < 1.29 is 9.53 Å². The van der Waals surface area contributed by atoms with Gasteiger partial charge in [0, 0.05) is 18.5 Å². The molecule has 2 N–H and O–H groups in total. The van der Waals surface area contributed by atoms with Crippen molar-refractivity contribution in [1.29, 1.82) is 0 Å². The molecule has 1 aromatic rings. The lowest BCUT2D eigenvalue weighted by atomic mass is 9.89. The third-order valence-corrected chi connectivity index (χ3v) is 4.26. The van der Waals surface area contributed by atoms with Crippen LogP contribution in [0.5, 0.6) is 5.75 Å². The summed E-state index contributed by atoms with van der Waals surface area (Å²) in [5.74, 6) is 1.04. The van der Waals surface area contributed by atoms with E-state index in [1.165, 1.54) is 0 Å². The normalized spacial score (nSPS) is 24.0. The SMILES string of the molecule is CCOc1cccc(C2C(N)CCC(=O)N2C(C)CC)c1. The number of rotatable bonds is 5. The van der Waals surface area contributed by atoms with Crippen molar-refractivity contribution in [3.63, 3.8) is 0 Å². The lowest BCUT2D eigenvalue weighted by Crippen LogP contribution is -2.52. The highest BCUT2D eigenvalue weighted by atomic mass is 16.5. The first-order valence-corrected chi connectivity index (χ1v) is 7.88. The minimum absolute atomic E-state index is 0.0198. The molecule has 1 amide bonds. The highest BCUT2D eigenvalue weighted by Gasteiger charge is 2.37. The zero-order valence-electron chi connectivity index (χ0n) is 13.2. The van der Waals surface area contributed by atoms with Crippen LogP contribution in [0.1, 0.15) is 51.6 Å². The summed E-state index contributed by atoms with van der Waals surface area (Å²) in [6.07, 6.45) is 2.22. The molecule has 0 aliphatic carbocycles. The largest absolute Gasteiger partial charge is 0.494 e. The van der Waals surface area contributed by atoms with Gasteiger partial charge in [-0.15, -0.1) is 0 Å². The zero-order valence-corrected chi connectivity index (χ0v) is 13.2. The molecule has 21 heavy (non-hydrogen) atoms. The monoisotopic (exact) mass is 290 g/mol. The summed E-state index contributed by atoms with van der Waals surface area (Å²) >= 11 is 0. The van der Waals surface area contributed by atoms with Gasteiger partial charge in [0.2, 0.25) is 5.91 Å². The third-order valence-electron chi connectivity index (χ3n) is 4.26. The number of piperidine rings is 1. The number of benzene rings is 1. The van der Waals surface area contributed by atoms with Gasteiger partial charge in [-0.05, 0) is 44.4 Å². The van der Waals surface area contributed by atoms with Crippen LogP contribution in [0.2, 0.25) is 0 Å². The molecule has 1 heterocycles. The number of hydrogen-bond donors (Lipinski definition) is 1. The van der Waals surface area contributed by atoms with Gasteiger partial charge in [-0.3, -0.25) is 4.79 Å². The number of amides is 1. The molecule has 1 aromatic carbocycles. The fraction of sp³-hybridized carbons (Fsp3) is 0.588. The highest BCUT2D eigenvalue weighted by molar-refractivity contribution is 5.78. The van der Waals surface area contributed by atoms with Gasteiger partial charge in [-0.1, -0.05) is 19.1 Å². The molecule has 0 radical (unpaired) electrons. The molecule has 4 heteroatoms. The Bertz CT molecular complexity index is 489. The van der Waals surface area contributed by atoms with Crippen LogP contribution in [-0.4, -0.2) is 29.5 Å². The maximum absolute atomic E-state index is 12.4. The fourth-order valence-corrected chi connectivity index (χ4v) is 3.02. The van der Waals surface area contributed by atoms with Crippen LogP contribution >= 0.6 is 0 Å². The summed E-state index contributed by atoms with van der Waals surface area (Å²) in [7, 11) is 0. The molecule has 0 bridgehead atoms. The second kappa shape index (κ2) is 6.94. The topological polar surface area (TPSA) is 55.6 Å². The maximum Gasteiger partial charge on any atom is 0.223 e. The van der Waals surface area contributed by atoms with Gasteiger partial charge >= 0.3 is 0 Å². The number of nitrogens with zero attached hydrogens (tertiary/aromatic N) is 1. The number of carbonyl (C=O) groups excluding carboxylic acids is 1. The Kier molecular flexibility index (Phi) is 5.23. The molecular weight excluding hydrogens is 264 g/mol. The van der Waals surface area contributed by atoms with Gasteiger partial charge in [0.25, 0.3) is 0 Å². The first kappa shape index (κ1) is 15.8. The molecule has 116 valence electrons. The first-order chi connectivity index (χ1) is 10.1. The van der Waals surface area contributed by atoms with E-state index in [9.17, 15) is 4.79 Å². The molecule has 0 saturated carbocycles. The summed E-state index contributed by atoms with van der Waals surface area (Å²) in [4.78, 5) is 14.3. The Morgan fingerprint density at radius 2 is 2.19 bits per heavy atom. The Labute approximate surface area is 127 Å². The van der Waals surface area contributed by atoms with Gasteiger partial charge in [0.05, 0.1) is 12.6 Å². The molecular formula is C17H26N2O2. The van der Waals surface area contributed by atoms with Crippen molar-refractivity contribution in [2.45, 2.75) is 58.2 Å². The van der Waals surface area contributed by atoms with E-state index in [0.717, 1.165) is 24.2 Å². The lowest BCUT2D eigenvalue weighted by Gasteiger charge is -2.43. The average molecular weight is 290 g/mol. The summed E-state index contributed by atoms with van der Waals surface area (Å²) < 4.78 is 5.58. The van der Waals surface area contributed by atoms with Crippen LogP contribution in [0.25, 0.3) is 0 Å². The molecule has 1 fully saturated rings. The van der Waals surface area contributed by atoms with E-state index < -0.39 is 0 Å². The Morgan fingerprint density at radius 1 is 1.43 bits per heavy atom. The van der Waals surface area contributed by atoms with E-state index in [4.69, 9.17) is 10.5 Å². The number of carbonyl (C=O) groups is 1. The van der Waals surface area contributed by atoms with Gasteiger partial charge in [0.1, 0.15) is 5.75 Å². The minimum atomic E-state index is -0.0541. The average Bonchev–Trinajstić information content (AvgIpc) is 2.49. The van der Waals surface area contributed by atoms with Crippen LogP contribution < -0.4 is 10.5 Å². The van der Waals surface area contributed by atoms with Crippen molar-refractivity contribution in [1.82, 2.24) is 4.90 Å². The van der Waals surface area contributed by atoms with Crippen LogP contribution in [0, 0.1) is 0 Å². The number of likely N-dealkylation sites (tertiary alicyclic amines) is 1. The van der Waals surface area contributed by atoms with E-state index in [-0.39, 0.29) is 24.0 Å². The van der Waals surface area contributed by atoms with Crippen molar-refractivity contribution in [2.75, 3.05) is 6.61 Å². The van der Waals surface area contributed by atoms with E-state index in [1.54, 1.807) is 0 Å². The number of nitrogens with two attached hydrogens (primary N) is 1. The summed E-state index contributed by atoms with van der Waals surface area (Å²) in [5, 5.41) is 0. The Morgan fingerprint density at radius 3 is 2.86 bits per heavy atom. The van der Waals surface area contributed by atoms with Gasteiger partial charge in [0.15, 0.2) is 0 Å². The number of ether oxygens (including phenoxy) is 1. The van der Waals surface area contributed by atoms with Crippen molar-refractivity contribution in [3.05, 3.63) is 29.8 Å². The molecule has 4 nitrogen and oxygen atoms in total. The molecule has 1 aliphatic heterocycles. The van der Waals surface area contributed by atoms with Crippen LogP contribution in [0.3, 0.4) is 0 Å². The maximum atomic E-state index is 12.4. The van der Waals surface area contributed by atoms with Gasteiger partial charge in [-0.2, -0.15) is 0 Å². The van der Waals surface area contributed by atoms with Crippen LogP contribution in [0.4, 0.5) is 0 Å². The molecule has 2 rings (SSSR count). The van der Waals surface area contributed by atoms with Crippen LogP contribution in [0.15, 0.2) is 24.3 Å². The molecule has 0 spiro atoms. The standard InChI is InChI=1S/C17H26N2O2/c1-4-12(3)19-16(20)10-9-15(18)17(19)13-7-6-8-14(11-13)21-5-2/h6-8,11-12,15,17H,4-5,9-10,18H2,1-3H3. The van der Waals surface area contributed by atoms with E-state index in [2.05, 4.69) is 13.8 Å². The van der Waals surface area contributed by atoms with E-state index >= 15 is 0 Å². The molecule has 0 aromatic heterocycles. The zero-order chi connectivity index (χ0) is 15.4. The second-order valence-electron chi connectivity index (χ2n) is 5.71. The summed E-state index contributed by atoms with van der Waals surface area (Å²) in [5.41, 5.74) is 7.42. The summed E-state index contributed by atoms with van der Waals surface area (Å²) in [6, 6.07) is 8.10. The smallest absolute Gasteiger partial charge is 0.223 e. The predicted octanol–water partition coefficient (Wildman–Crippen LogP) is 2.87. The molecule has 1 aliphatic rings. The molecule has 1 saturated heterocycles. The Hall–Kier alpha value is -1.55. The second-order valence-corrected chi connectivity index (χ2v) is 5.71.